The Morgan fingerprint density at radius 3 is 2.47 bits per heavy atom. The van der Waals surface area contributed by atoms with Gasteiger partial charge in [0.25, 0.3) is 0 Å². The summed E-state index contributed by atoms with van der Waals surface area (Å²) < 4.78 is 5.86. The van der Waals surface area contributed by atoms with Crippen LogP contribution in [0.2, 0.25) is 19.6 Å². The second-order valence-electron chi connectivity index (χ2n) is 5.96. The van der Waals surface area contributed by atoms with Crippen molar-refractivity contribution in [1.82, 2.24) is 0 Å². The van der Waals surface area contributed by atoms with Gasteiger partial charge in [-0.2, -0.15) is 0 Å². The number of hydrogen-bond donors (Lipinski definition) is 0. The smallest absolute Gasteiger partial charge is 0.129 e. The second-order valence-corrected chi connectivity index (χ2v) is 10.7. The maximum absolute atomic E-state index is 5.86. The summed E-state index contributed by atoms with van der Waals surface area (Å²) in [4.78, 5) is 0. The van der Waals surface area contributed by atoms with Crippen LogP contribution in [-0.2, 0) is 4.74 Å². The highest BCUT2D eigenvalue weighted by molar-refractivity contribution is 6.83. The number of ether oxygens (including phenoxy) is 1. The molecular formula is C15H26OSi. The van der Waals surface area contributed by atoms with Crippen molar-refractivity contribution < 1.29 is 4.74 Å². The third-order valence-corrected chi connectivity index (χ3v) is 3.96. The summed E-state index contributed by atoms with van der Waals surface area (Å²) >= 11 is 0. The van der Waals surface area contributed by atoms with Crippen molar-refractivity contribution in [1.29, 1.82) is 0 Å². The fourth-order valence-electron chi connectivity index (χ4n) is 2.19. The molecule has 0 bridgehead atoms. The first kappa shape index (κ1) is 14.5. The van der Waals surface area contributed by atoms with Gasteiger partial charge in [-0.15, -0.1) is 12.1 Å². The Morgan fingerprint density at radius 2 is 1.94 bits per heavy atom. The maximum Gasteiger partial charge on any atom is 0.129 e. The molecule has 0 aromatic rings. The van der Waals surface area contributed by atoms with E-state index in [9.17, 15) is 0 Å². The SMILES string of the molecule is C=CCO[C@H](C#C[Si](C)(C)C)C1CCCCC1. The molecule has 0 heterocycles. The van der Waals surface area contributed by atoms with Crippen LogP contribution >= 0.6 is 0 Å². The fourth-order valence-corrected chi connectivity index (χ4v) is 2.77. The zero-order valence-electron chi connectivity index (χ0n) is 11.6. The molecule has 1 fully saturated rings. The minimum Gasteiger partial charge on any atom is -0.361 e. The Labute approximate surface area is 108 Å². The molecule has 1 saturated carbocycles. The minimum atomic E-state index is -1.29. The molecule has 0 N–H and O–H groups in total. The van der Waals surface area contributed by atoms with Gasteiger partial charge in [-0.3, -0.25) is 0 Å². The van der Waals surface area contributed by atoms with E-state index in [0.717, 1.165) is 0 Å². The Morgan fingerprint density at radius 1 is 1.29 bits per heavy atom. The van der Waals surface area contributed by atoms with Crippen LogP contribution in [0.5, 0.6) is 0 Å². The molecular weight excluding hydrogens is 224 g/mol. The summed E-state index contributed by atoms with van der Waals surface area (Å²) in [5.74, 6) is 4.05. The van der Waals surface area contributed by atoms with Crippen molar-refractivity contribution in [2.45, 2.75) is 57.8 Å². The second kappa shape index (κ2) is 7.03. The van der Waals surface area contributed by atoms with Crippen LogP contribution in [0.1, 0.15) is 32.1 Å². The van der Waals surface area contributed by atoms with Crippen LogP contribution < -0.4 is 0 Å². The van der Waals surface area contributed by atoms with Crippen molar-refractivity contribution in [3.63, 3.8) is 0 Å². The molecule has 17 heavy (non-hydrogen) atoms. The highest BCUT2D eigenvalue weighted by atomic mass is 28.3. The zero-order valence-corrected chi connectivity index (χ0v) is 12.6. The summed E-state index contributed by atoms with van der Waals surface area (Å²) in [6, 6.07) is 0. The van der Waals surface area contributed by atoms with Crippen LogP contribution in [0.3, 0.4) is 0 Å². The Balaban J connectivity index is 2.63. The lowest BCUT2D eigenvalue weighted by Crippen LogP contribution is -2.26. The van der Waals surface area contributed by atoms with E-state index in [-0.39, 0.29) is 6.10 Å². The number of rotatable bonds is 4. The summed E-state index contributed by atoms with van der Waals surface area (Å²) in [5, 5.41) is 0. The lowest BCUT2D eigenvalue weighted by atomic mass is 9.85. The topological polar surface area (TPSA) is 9.23 Å². The average Bonchev–Trinajstić information content (AvgIpc) is 2.29. The van der Waals surface area contributed by atoms with E-state index in [1.54, 1.807) is 0 Å². The van der Waals surface area contributed by atoms with Gasteiger partial charge in [-0.25, -0.2) is 0 Å². The fraction of sp³-hybridized carbons (Fsp3) is 0.733. The van der Waals surface area contributed by atoms with Crippen molar-refractivity contribution in [3.05, 3.63) is 12.7 Å². The van der Waals surface area contributed by atoms with Gasteiger partial charge in [0.05, 0.1) is 6.61 Å². The highest BCUT2D eigenvalue weighted by Gasteiger charge is 2.22. The molecule has 0 saturated heterocycles. The van der Waals surface area contributed by atoms with Gasteiger partial charge in [0.2, 0.25) is 0 Å². The Bertz CT molecular complexity index is 286. The van der Waals surface area contributed by atoms with Crippen molar-refractivity contribution in [3.8, 4) is 11.5 Å². The van der Waals surface area contributed by atoms with Crippen LogP contribution in [-0.4, -0.2) is 20.8 Å². The van der Waals surface area contributed by atoms with Gasteiger partial charge in [-0.1, -0.05) is 50.9 Å². The van der Waals surface area contributed by atoms with Gasteiger partial charge >= 0.3 is 0 Å². The third kappa shape index (κ3) is 6.09. The zero-order chi connectivity index (χ0) is 12.7. The van der Waals surface area contributed by atoms with Gasteiger partial charge in [0.15, 0.2) is 0 Å². The van der Waals surface area contributed by atoms with Gasteiger partial charge < -0.3 is 4.74 Å². The van der Waals surface area contributed by atoms with Crippen LogP contribution in [0.25, 0.3) is 0 Å². The largest absolute Gasteiger partial charge is 0.361 e. The van der Waals surface area contributed by atoms with Gasteiger partial charge in [0.1, 0.15) is 14.2 Å². The summed E-state index contributed by atoms with van der Waals surface area (Å²) in [5.41, 5.74) is 3.46. The first-order valence-corrected chi connectivity index (χ1v) is 10.3. The molecule has 0 spiro atoms. The molecule has 96 valence electrons. The summed E-state index contributed by atoms with van der Waals surface area (Å²) in [6.07, 6.45) is 8.59. The molecule has 0 aromatic heterocycles. The predicted octanol–water partition coefficient (Wildman–Crippen LogP) is 4.02. The van der Waals surface area contributed by atoms with Crippen molar-refractivity contribution in [2.75, 3.05) is 6.61 Å². The minimum absolute atomic E-state index is 0.139. The van der Waals surface area contributed by atoms with Crippen LogP contribution in [0, 0.1) is 17.4 Å². The Kier molecular flexibility index (Phi) is 6.01. The van der Waals surface area contributed by atoms with Gasteiger partial charge in [-0.05, 0) is 18.8 Å². The van der Waals surface area contributed by atoms with E-state index in [1.807, 2.05) is 6.08 Å². The molecule has 0 amide bonds. The van der Waals surface area contributed by atoms with E-state index in [2.05, 4.69) is 37.7 Å². The first-order valence-electron chi connectivity index (χ1n) is 6.78. The van der Waals surface area contributed by atoms with Crippen LogP contribution in [0.4, 0.5) is 0 Å². The normalized spacial score (nSPS) is 19.2. The van der Waals surface area contributed by atoms with Gasteiger partial charge in [0, 0.05) is 0 Å². The molecule has 0 unspecified atom stereocenters. The average molecular weight is 250 g/mol. The molecule has 2 heteroatoms. The molecule has 1 nitrogen and oxygen atoms in total. The Hall–Kier alpha value is -0.523. The quantitative estimate of drug-likeness (QED) is 0.416. The lowest BCUT2D eigenvalue weighted by Gasteiger charge is -2.27. The van der Waals surface area contributed by atoms with E-state index in [1.165, 1.54) is 32.1 Å². The standard InChI is InChI=1S/C15H26OSi/c1-5-12-16-15(11-13-17(2,3)4)14-9-7-6-8-10-14/h5,14-15H,1,6-10,12H2,2-4H3/t15-/m1/s1. The van der Waals surface area contributed by atoms with E-state index in [4.69, 9.17) is 4.74 Å². The lowest BCUT2D eigenvalue weighted by molar-refractivity contribution is 0.0559. The van der Waals surface area contributed by atoms with Crippen molar-refractivity contribution >= 4 is 8.07 Å². The molecule has 1 aliphatic rings. The van der Waals surface area contributed by atoms with E-state index in [0.29, 0.717) is 12.5 Å². The third-order valence-electron chi connectivity index (χ3n) is 3.06. The molecule has 1 rings (SSSR count). The van der Waals surface area contributed by atoms with Crippen molar-refractivity contribution in [2.24, 2.45) is 5.92 Å². The predicted molar refractivity (Wildman–Crippen MR) is 77.6 cm³/mol. The van der Waals surface area contributed by atoms with Crippen LogP contribution in [0.15, 0.2) is 12.7 Å². The molecule has 1 atom stereocenters. The molecule has 0 aromatic carbocycles. The highest BCUT2D eigenvalue weighted by Crippen LogP contribution is 2.27. The molecule has 0 radical (unpaired) electrons. The van der Waals surface area contributed by atoms with E-state index >= 15 is 0 Å². The summed E-state index contributed by atoms with van der Waals surface area (Å²) in [6.45, 7) is 11.2. The molecule has 0 aliphatic heterocycles. The van der Waals surface area contributed by atoms with E-state index < -0.39 is 8.07 Å². The maximum atomic E-state index is 5.86. The molecule has 1 aliphatic carbocycles. The number of hydrogen-bond acceptors (Lipinski definition) is 1. The monoisotopic (exact) mass is 250 g/mol. The first-order chi connectivity index (χ1) is 8.03. The summed E-state index contributed by atoms with van der Waals surface area (Å²) in [7, 11) is -1.29.